The molecule has 4 rings (SSSR count). The molecule has 8 heteroatoms. The lowest BCUT2D eigenvalue weighted by atomic mass is 10.1. The van der Waals surface area contributed by atoms with E-state index in [0.717, 1.165) is 41.2 Å². The number of aromatic nitrogens is 3. The summed E-state index contributed by atoms with van der Waals surface area (Å²) in [6, 6.07) is 10.2. The van der Waals surface area contributed by atoms with E-state index < -0.39 is 0 Å². The lowest BCUT2D eigenvalue weighted by Crippen LogP contribution is -2.32. The second-order valence-corrected chi connectivity index (χ2v) is 7.53. The molecule has 138 valence electrons. The molecule has 1 aliphatic heterocycles. The highest BCUT2D eigenvalue weighted by Crippen LogP contribution is 2.23. The lowest BCUT2D eigenvalue weighted by molar-refractivity contribution is 0.0777. The van der Waals surface area contributed by atoms with Crippen molar-refractivity contribution in [2.45, 2.75) is 25.4 Å². The molecule has 1 aromatic carbocycles. The Balaban J connectivity index is 0.00000196. The second kappa shape index (κ2) is 8.16. The van der Waals surface area contributed by atoms with E-state index in [1.54, 1.807) is 23.3 Å². The Morgan fingerprint density at radius 2 is 2.23 bits per heavy atom. The Hall–Kier alpha value is -1.96. The average Bonchev–Trinajstić information content (AvgIpc) is 3.28. The van der Waals surface area contributed by atoms with E-state index >= 15 is 0 Å². The molecule has 0 bridgehead atoms. The van der Waals surface area contributed by atoms with Gasteiger partial charge in [-0.3, -0.25) is 9.48 Å². The molecular weight excluding hydrogens is 370 g/mol. The van der Waals surface area contributed by atoms with Gasteiger partial charge in [0.15, 0.2) is 0 Å². The second-order valence-electron chi connectivity index (χ2n) is 6.42. The molecule has 1 unspecified atom stereocenters. The molecule has 0 aliphatic carbocycles. The first-order valence-electron chi connectivity index (χ1n) is 8.56. The SMILES string of the molecule is CN(Cc1nc2ccccc2s1)C(=O)c1ccn(C2CCCNC2)n1.Cl. The first-order chi connectivity index (χ1) is 12.2. The van der Waals surface area contributed by atoms with Gasteiger partial charge in [0.25, 0.3) is 5.91 Å². The third-order valence-electron chi connectivity index (χ3n) is 4.53. The number of fused-ring (bicyclic) bond motifs is 1. The Bertz CT molecular complexity index is 853. The van der Waals surface area contributed by atoms with Crippen LogP contribution in [-0.2, 0) is 6.54 Å². The van der Waals surface area contributed by atoms with Crippen LogP contribution in [0.1, 0.15) is 34.4 Å². The zero-order chi connectivity index (χ0) is 17.2. The number of piperidine rings is 1. The van der Waals surface area contributed by atoms with Gasteiger partial charge in [-0.05, 0) is 37.6 Å². The number of carbonyl (C=O) groups excluding carboxylic acids is 1. The summed E-state index contributed by atoms with van der Waals surface area (Å²) in [5, 5.41) is 8.82. The predicted octanol–water partition coefficient (Wildman–Crippen LogP) is 3.11. The molecule has 3 heterocycles. The fraction of sp³-hybridized carbons (Fsp3) is 0.389. The van der Waals surface area contributed by atoms with Crippen molar-refractivity contribution in [2.75, 3.05) is 20.1 Å². The number of para-hydroxylation sites is 1. The maximum absolute atomic E-state index is 12.7. The summed E-state index contributed by atoms with van der Waals surface area (Å²) >= 11 is 1.63. The van der Waals surface area contributed by atoms with Gasteiger partial charge in [0, 0.05) is 19.8 Å². The largest absolute Gasteiger partial charge is 0.334 e. The number of nitrogens with one attached hydrogen (secondary N) is 1. The smallest absolute Gasteiger partial charge is 0.274 e. The molecule has 2 aromatic heterocycles. The van der Waals surface area contributed by atoms with E-state index in [9.17, 15) is 4.79 Å². The van der Waals surface area contributed by atoms with Crippen LogP contribution in [0.5, 0.6) is 0 Å². The Morgan fingerprint density at radius 3 is 3.00 bits per heavy atom. The molecular formula is C18H22ClN5OS. The number of nitrogens with zero attached hydrogens (tertiary/aromatic N) is 4. The summed E-state index contributed by atoms with van der Waals surface area (Å²) in [5.74, 6) is -0.0678. The summed E-state index contributed by atoms with van der Waals surface area (Å²) in [6.07, 6.45) is 4.16. The Kier molecular flexibility index (Phi) is 5.90. The third-order valence-corrected chi connectivity index (χ3v) is 5.55. The Labute approximate surface area is 162 Å². The molecule has 0 saturated carbocycles. The number of benzene rings is 1. The van der Waals surface area contributed by atoms with Crippen LogP contribution in [0.4, 0.5) is 0 Å². The molecule has 26 heavy (non-hydrogen) atoms. The van der Waals surface area contributed by atoms with E-state index in [4.69, 9.17) is 0 Å². The number of thiazole rings is 1. The van der Waals surface area contributed by atoms with Gasteiger partial charge in [-0.25, -0.2) is 4.98 Å². The van der Waals surface area contributed by atoms with Gasteiger partial charge in [-0.1, -0.05) is 12.1 Å². The number of hydrogen-bond acceptors (Lipinski definition) is 5. The van der Waals surface area contributed by atoms with Crippen molar-refractivity contribution in [2.24, 2.45) is 0 Å². The van der Waals surface area contributed by atoms with Crippen molar-refractivity contribution in [1.29, 1.82) is 0 Å². The molecule has 1 fully saturated rings. The standard InChI is InChI=1S/C18H21N5OS.ClH/c1-22(12-17-20-14-6-2-3-7-16(14)25-17)18(24)15-8-10-23(21-15)13-5-4-9-19-11-13;/h2-3,6-8,10,13,19H,4-5,9,11-12H2,1H3;1H. The van der Waals surface area contributed by atoms with E-state index in [0.29, 0.717) is 18.3 Å². The van der Waals surface area contributed by atoms with E-state index in [2.05, 4.69) is 21.5 Å². The van der Waals surface area contributed by atoms with E-state index in [-0.39, 0.29) is 18.3 Å². The third kappa shape index (κ3) is 3.90. The summed E-state index contributed by atoms with van der Waals surface area (Å²) < 4.78 is 3.07. The molecule has 1 saturated heterocycles. The number of carbonyl (C=O) groups is 1. The minimum Gasteiger partial charge on any atom is -0.334 e. The van der Waals surface area contributed by atoms with Crippen LogP contribution in [-0.4, -0.2) is 45.7 Å². The van der Waals surface area contributed by atoms with Crippen LogP contribution in [0.2, 0.25) is 0 Å². The van der Waals surface area contributed by atoms with Gasteiger partial charge in [0.2, 0.25) is 0 Å². The zero-order valence-electron chi connectivity index (χ0n) is 14.6. The molecule has 1 aliphatic rings. The van der Waals surface area contributed by atoms with Crippen molar-refractivity contribution in [3.8, 4) is 0 Å². The summed E-state index contributed by atoms with van der Waals surface area (Å²) in [6.45, 7) is 2.47. The van der Waals surface area contributed by atoms with Crippen LogP contribution in [0, 0.1) is 0 Å². The summed E-state index contributed by atoms with van der Waals surface area (Å²) in [5.41, 5.74) is 1.48. The molecule has 0 radical (unpaired) electrons. The number of halogens is 1. The highest BCUT2D eigenvalue weighted by molar-refractivity contribution is 7.18. The molecule has 1 N–H and O–H groups in total. The van der Waals surface area contributed by atoms with Crippen molar-refractivity contribution >= 4 is 39.9 Å². The normalized spacial score (nSPS) is 17.0. The molecule has 1 atom stereocenters. The zero-order valence-corrected chi connectivity index (χ0v) is 16.2. The lowest BCUT2D eigenvalue weighted by Gasteiger charge is -2.23. The van der Waals surface area contributed by atoms with Gasteiger partial charge in [0.1, 0.15) is 10.7 Å². The summed E-state index contributed by atoms with van der Waals surface area (Å²) in [4.78, 5) is 19.0. The van der Waals surface area contributed by atoms with Gasteiger partial charge < -0.3 is 10.2 Å². The van der Waals surface area contributed by atoms with Crippen molar-refractivity contribution < 1.29 is 4.79 Å². The van der Waals surface area contributed by atoms with Crippen LogP contribution in [0.3, 0.4) is 0 Å². The monoisotopic (exact) mass is 391 g/mol. The van der Waals surface area contributed by atoms with Crippen LogP contribution >= 0.6 is 23.7 Å². The maximum Gasteiger partial charge on any atom is 0.274 e. The van der Waals surface area contributed by atoms with Gasteiger partial charge in [-0.2, -0.15) is 5.10 Å². The topological polar surface area (TPSA) is 63.1 Å². The van der Waals surface area contributed by atoms with Gasteiger partial charge >= 0.3 is 0 Å². The van der Waals surface area contributed by atoms with Crippen molar-refractivity contribution in [3.05, 3.63) is 47.2 Å². The fourth-order valence-corrected chi connectivity index (χ4v) is 4.19. The highest BCUT2D eigenvalue weighted by atomic mass is 35.5. The fourth-order valence-electron chi connectivity index (χ4n) is 3.17. The minimum atomic E-state index is -0.0678. The highest BCUT2D eigenvalue weighted by Gasteiger charge is 2.20. The molecule has 3 aromatic rings. The summed E-state index contributed by atoms with van der Waals surface area (Å²) in [7, 11) is 1.80. The van der Waals surface area contributed by atoms with Crippen molar-refractivity contribution in [3.63, 3.8) is 0 Å². The number of rotatable bonds is 4. The van der Waals surface area contributed by atoms with Crippen LogP contribution in [0.15, 0.2) is 36.5 Å². The molecule has 6 nitrogen and oxygen atoms in total. The molecule has 1 amide bonds. The van der Waals surface area contributed by atoms with Crippen molar-refractivity contribution in [1.82, 2.24) is 25.0 Å². The van der Waals surface area contributed by atoms with E-state index in [1.807, 2.05) is 35.1 Å². The quantitative estimate of drug-likeness (QED) is 0.742. The first-order valence-corrected chi connectivity index (χ1v) is 9.38. The number of hydrogen-bond donors (Lipinski definition) is 1. The Morgan fingerprint density at radius 1 is 1.38 bits per heavy atom. The maximum atomic E-state index is 12.7. The first kappa shape index (κ1) is 18.8. The average molecular weight is 392 g/mol. The van der Waals surface area contributed by atoms with Crippen LogP contribution < -0.4 is 5.32 Å². The predicted molar refractivity (Wildman–Crippen MR) is 106 cm³/mol. The number of amides is 1. The van der Waals surface area contributed by atoms with E-state index in [1.165, 1.54) is 0 Å². The minimum absolute atomic E-state index is 0. The van der Waals surface area contributed by atoms with Gasteiger partial charge in [-0.15, -0.1) is 23.7 Å². The molecule has 0 spiro atoms. The van der Waals surface area contributed by atoms with Crippen LogP contribution in [0.25, 0.3) is 10.2 Å². The van der Waals surface area contributed by atoms with Gasteiger partial charge in [0.05, 0.1) is 22.8 Å².